The van der Waals surface area contributed by atoms with E-state index in [1.165, 1.54) is 51.4 Å². The number of hydrogen-bond donors (Lipinski definition) is 0. The first kappa shape index (κ1) is 58.8. The van der Waals surface area contributed by atoms with Gasteiger partial charge in [0.05, 0.1) is 0 Å². The fourth-order valence-electron chi connectivity index (χ4n) is 6.32. The van der Waals surface area contributed by atoms with Crippen LogP contribution in [-0.4, -0.2) is 37.2 Å². The van der Waals surface area contributed by atoms with Crippen molar-refractivity contribution in [1.29, 1.82) is 0 Å². The van der Waals surface area contributed by atoms with Crippen LogP contribution in [0.4, 0.5) is 0 Å². The lowest BCUT2D eigenvalue weighted by atomic mass is 10.1. The highest BCUT2D eigenvalue weighted by atomic mass is 16.6. The number of hydrogen-bond acceptors (Lipinski definition) is 6. The predicted molar refractivity (Wildman–Crippen MR) is 269 cm³/mol. The molecule has 6 heteroatoms. The van der Waals surface area contributed by atoms with Crippen LogP contribution < -0.4 is 0 Å². The van der Waals surface area contributed by atoms with Gasteiger partial charge >= 0.3 is 17.9 Å². The third kappa shape index (κ3) is 48.7. The van der Waals surface area contributed by atoms with Crippen molar-refractivity contribution in [2.75, 3.05) is 13.2 Å². The topological polar surface area (TPSA) is 78.9 Å². The minimum Gasteiger partial charge on any atom is -0.462 e. The van der Waals surface area contributed by atoms with Crippen molar-refractivity contribution >= 4 is 17.9 Å². The number of carbonyl (C=O) groups excluding carboxylic acids is 3. The summed E-state index contributed by atoms with van der Waals surface area (Å²) >= 11 is 0. The van der Waals surface area contributed by atoms with E-state index in [2.05, 4.69) is 99.8 Å². The quantitative estimate of drug-likeness (QED) is 0.0200. The van der Waals surface area contributed by atoms with Gasteiger partial charge in [0.25, 0.3) is 0 Å². The van der Waals surface area contributed by atoms with Crippen LogP contribution in [-0.2, 0) is 28.6 Å². The van der Waals surface area contributed by atoms with Gasteiger partial charge in [0.15, 0.2) is 6.10 Å². The van der Waals surface area contributed by atoms with Crippen LogP contribution in [0.2, 0.25) is 0 Å². The zero-order chi connectivity index (χ0) is 45.8. The van der Waals surface area contributed by atoms with Gasteiger partial charge in [0, 0.05) is 19.3 Å². The van der Waals surface area contributed by atoms with Crippen LogP contribution in [0.3, 0.4) is 0 Å². The molecule has 0 aliphatic carbocycles. The normalized spacial score (nSPS) is 13.1. The van der Waals surface area contributed by atoms with Gasteiger partial charge in [-0.15, -0.1) is 0 Å². The zero-order valence-corrected chi connectivity index (χ0v) is 40.3. The molecule has 1 atom stereocenters. The van der Waals surface area contributed by atoms with Crippen LogP contribution in [0.5, 0.6) is 0 Å². The van der Waals surface area contributed by atoms with E-state index in [-0.39, 0.29) is 44.0 Å². The van der Waals surface area contributed by atoms with E-state index in [9.17, 15) is 14.4 Å². The van der Waals surface area contributed by atoms with Gasteiger partial charge in [-0.2, -0.15) is 0 Å². The van der Waals surface area contributed by atoms with Gasteiger partial charge in [-0.25, -0.2) is 0 Å². The molecule has 0 aliphatic heterocycles. The first-order valence-corrected chi connectivity index (χ1v) is 25.1. The molecule has 0 aromatic rings. The molecule has 0 saturated heterocycles. The maximum absolute atomic E-state index is 12.8. The van der Waals surface area contributed by atoms with Gasteiger partial charge in [0.2, 0.25) is 0 Å². The number of ether oxygens (including phenoxy) is 3. The maximum Gasteiger partial charge on any atom is 0.306 e. The molecule has 63 heavy (non-hydrogen) atoms. The molecule has 354 valence electrons. The average Bonchev–Trinajstić information content (AvgIpc) is 3.28. The van der Waals surface area contributed by atoms with Crippen molar-refractivity contribution in [3.05, 3.63) is 122 Å². The number of esters is 3. The molecule has 0 rings (SSSR count). The van der Waals surface area contributed by atoms with Gasteiger partial charge in [0.1, 0.15) is 13.2 Å². The number of allylic oxidation sites excluding steroid dienone is 20. The molecular weight excluding hydrogens is 781 g/mol. The minimum absolute atomic E-state index is 0.122. The summed E-state index contributed by atoms with van der Waals surface area (Å²) in [6.45, 7) is 6.25. The molecule has 0 spiro atoms. The predicted octanol–water partition coefficient (Wildman–Crippen LogP) is 16.5. The molecule has 0 radical (unpaired) electrons. The number of carbonyl (C=O) groups is 3. The highest BCUT2D eigenvalue weighted by Crippen LogP contribution is 2.12. The molecule has 6 nitrogen and oxygen atoms in total. The number of rotatable bonds is 43. The molecule has 0 bridgehead atoms. The SMILES string of the molecule is CC\C=C/C=C\C=C/C=C\CCCCCC(=O)OC(COC(=O)CC/C=C\C/C=C\CCCCCCCC)COC(=O)CCCCCCCC/C=C\C/C=C\C/C=C\C/C=C\CC. The van der Waals surface area contributed by atoms with Crippen molar-refractivity contribution in [3.8, 4) is 0 Å². The van der Waals surface area contributed by atoms with Crippen LogP contribution in [0, 0.1) is 0 Å². The molecule has 0 aromatic carbocycles. The fraction of sp³-hybridized carbons (Fsp3) is 0.596. The van der Waals surface area contributed by atoms with Crippen molar-refractivity contribution in [1.82, 2.24) is 0 Å². The molecule has 0 saturated carbocycles. The van der Waals surface area contributed by atoms with E-state index in [1.807, 2.05) is 42.5 Å². The summed E-state index contributed by atoms with van der Waals surface area (Å²) in [6.07, 6.45) is 69.1. The van der Waals surface area contributed by atoms with Crippen molar-refractivity contribution in [3.63, 3.8) is 0 Å². The molecule has 0 fully saturated rings. The summed E-state index contributed by atoms with van der Waals surface area (Å²) in [5, 5.41) is 0. The Kier molecular flexibility index (Phi) is 47.1. The van der Waals surface area contributed by atoms with E-state index in [1.54, 1.807) is 0 Å². The lowest BCUT2D eigenvalue weighted by molar-refractivity contribution is -0.166. The molecule has 1 unspecified atom stereocenters. The third-order valence-electron chi connectivity index (χ3n) is 10.0. The van der Waals surface area contributed by atoms with E-state index in [4.69, 9.17) is 14.2 Å². The van der Waals surface area contributed by atoms with Crippen molar-refractivity contribution < 1.29 is 28.6 Å². The highest BCUT2D eigenvalue weighted by Gasteiger charge is 2.19. The van der Waals surface area contributed by atoms with Crippen LogP contribution in [0.15, 0.2) is 122 Å². The Labute approximate surface area is 386 Å². The Bertz CT molecular complexity index is 1370. The Morgan fingerprint density at radius 1 is 0.349 bits per heavy atom. The highest BCUT2D eigenvalue weighted by molar-refractivity contribution is 5.71. The summed E-state index contributed by atoms with van der Waals surface area (Å²) in [5.74, 6) is -1.06. The van der Waals surface area contributed by atoms with Crippen LogP contribution in [0.25, 0.3) is 0 Å². The Balaban J connectivity index is 4.52. The summed E-state index contributed by atoms with van der Waals surface area (Å²) < 4.78 is 16.7. The second-order valence-electron chi connectivity index (χ2n) is 16.0. The first-order valence-electron chi connectivity index (χ1n) is 25.1. The molecule has 0 aromatic heterocycles. The van der Waals surface area contributed by atoms with E-state index in [0.29, 0.717) is 19.3 Å². The largest absolute Gasteiger partial charge is 0.462 e. The summed E-state index contributed by atoms with van der Waals surface area (Å²) in [4.78, 5) is 37.9. The second kappa shape index (κ2) is 50.5. The lowest BCUT2D eigenvalue weighted by Crippen LogP contribution is -2.30. The average molecular weight is 871 g/mol. The second-order valence-corrected chi connectivity index (χ2v) is 16.0. The molecule has 0 amide bonds. The van der Waals surface area contributed by atoms with Crippen LogP contribution >= 0.6 is 0 Å². The fourth-order valence-corrected chi connectivity index (χ4v) is 6.32. The zero-order valence-electron chi connectivity index (χ0n) is 40.3. The molecule has 0 N–H and O–H groups in total. The minimum atomic E-state index is -0.829. The summed E-state index contributed by atoms with van der Waals surface area (Å²) in [5.41, 5.74) is 0. The van der Waals surface area contributed by atoms with Gasteiger partial charge in [-0.1, -0.05) is 206 Å². The van der Waals surface area contributed by atoms with Gasteiger partial charge in [-0.3, -0.25) is 14.4 Å². The number of unbranched alkanes of at least 4 members (excludes halogenated alkanes) is 15. The Morgan fingerprint density at radius 2 is 0.730 bits per heavy atom. The van der Waals surface area contributed by atoms with Crippen molar-refractivity contribution in [2.24, 2.45) is 0 Å². The molecule has 0 heterocycles. The smallest absolute Gasteiger partial charge is 0.306 e. The van der Waals surface area contributed by atoms with E-state index in [0.717, 1.165) is 96.3 Å². The van der Waals surface area contributed by atoms with Gasteiger partial charge < -0.3 is 14.2 Å². The Morgan fingerprint density at radius 3 is 1.27 bits per heavy atom. The standard InChI is InChI=1S/C57H90O6/c1-4-7-10-13-16-19-22-25-26-27-28-29-30-33-35-38-41-44-47-50-56(59)62-53-54(63-57(60)51-48-45-42-39-36-32-24-21-18-15-12-9-6-3)52-61-55(58)49-46-43-40-37-34-31-23-20-17-14-11-8-5-2/h7,9-10,12,15-16,18-19,21,24-26,28-29,31-32,34,36,40,43,54H,4-6,8,11,13-14,17,20,22-23,27,30,33,35,37-39,41-42,44-53H2,1-3H3/b10-7-,12-9-,18-15-,19-16-,24-21-,26-25-,29-28-,34-31-,36-32-,43-40-. The van der Waals surface area contributed by atoms with Gasteiger partial charge in [-0.05, 0) is 96.3 Å². The monoisotopic (exact) mass is 871 g/mol. The van der Waals surface area contributed by atoms with Crippen LogP contribution in [0.1, 0.15) is 201 Å². The Hall–Kier alpha value is -4.19. The summed E-state index contributed by atoms with van der Waals surface area (Å²) in [6, 6.07) is 0. The van der Waals surface area contributed by atoms with Crippen molar-refractivity contribution in [2.45, 2.75) is 207 Å². The lowest BCUT2D eigenvalue weighted by Gasteiger charge is -2.18. The molecular formula is C57H90O6. The van der Waals surface area contributed by atoms with E-state index >= 15 is 0 Å². The maximum atomic E-state index is 12.8. The first-order chi connectivity index (χ1) is 31.0. The summed E-state index contributed by atoms with van der Waals surface area (Å²) in [7, 11) is 0. The van der Waals surface area contributed by atoms with E-state index < -0.39 is 6.10 Å². The third-order valence-corrected chi connectivity index (χ3v) is 10.0. The molecule has 0 aliphatic rings.